The molecule has 18 heavy (non-hydrogen) atoms. The van der Waals surface area contributed by atoms with Gasteiger partial charge in [0.05, 0.1) is 17.4 Å². The molecule has 0 aromatic carbocycles. The van der Waals surface area contributed by atoms with E-state index in [4.69, 9.17) is 17.3 Å². The number of nitrogens with one attached hydrogen (secondary N) is 1. The number of alkyl halides is 3. The van der Waals surface area contributed by atoms with Gasteiger partial charge in [-0.05, 0) is 18.9 Å². The van der Waals surface area contributed by atoms with Gasteiger partial charge in [0.25, 0.3) is 5.91 Å². The zero-order valence-electron chi connectivity index (χ0n) is 9.01. The van der Waals surface area contributed by atoms with Crippen molar-refractivity contribution in [3.63, 3.8) is 0 Å². The molecule has 1 amide bonds. The topological polar surface area (TPSA) is 68.0 Å². The number of halogens is 4. The summed E-state index contributed by atoms with van der Waals surface area (Å²) in [4.78, 5) is 15.3. The Labute approximate surface area is 105 Å². The van der Waals surface area contributed by atoms with E-state index >= 15 is 0 Å². The molecular weight excluding hydrogens is 271 g/mol. The number of hydrogen-bond acceptors (Lipinski definition) is 3. The summed E-state index contributed by atoms with van der Waals surface area (Å²) in [6.07, 6.45) is -3.51. The first kappa shape index (κ1) is 12.9. The van der Waals surface area contributed by atoms with Gasteiger partial charge in [0.15, 0.2) is 0 Å². The molecule has 8 heteroatoms. The lowest BCUT2D eigenvalue weighted by atomic mass is 10.2. The van der Waals surface area contributed by atoms with Gasteiger partial charge in [-0.2, -0.15) is 13.2 Å². The van der Waals surface area contributed by atoms with Gasteiger partial charge in [-0.1, -0.05) is 11.6 Å². The van der Waals surface area contributed by atoms with Gasteiger partial charge in [-0.25, -0.2) is 4.98 Å². The van der Waals surface area contributed by atoms with Crippen LogP contribution in [-0.2, 0) is 0 Å². The molecular formula is C10H9ClF3N3O. The third kappa shape index (κ3) is 2.22. The number of carbonyl (C=O) groups is 1. The Morgan fingerprint density at radius 3 is 2.61 bits per heavy atom. The van der Waals surface area contributed by atoms with Crippen LogP contribution in [-0.4, -0.2) is 22.6 Å². The van der Waals surface area contributed by atoms with Crippen molar-refractivity contribution in [2.24, 2.45) is 0 Å². The number of anilines is 1. The van der Waals surface area contributed by atoms with E-state index in [0.717, 1.165) is 0 Å². The number of aromatic nitrogens is 1. The first-order valence-corrected chi connectivity index (χ1v) is 5.43. The Balaban J connectivity index is 2.21. The highest BCUT2D eigenvalue weighted by Gasteiger charge is 2.64. The largest absolute Gasteiger partial charge is 0.411 e. The summed E-state index contributed by atoms with van der Waals surface area (Å²) < 4.78 is 38.0. The van der Waals surface area contributed by atoms with Crippen LogP contribution in [0.4, 0.5) is 18.9 Å². The van der Waals surface area contributed by atoms with Crippen LogP contribution in [0, 0.1) is 0 Å². The van der Waals surface area contributed by atoms with Crippen molar-refractivity contribution in [1.82, 2.24) is 10.3 Å². The van der Waals surface area contributed by atoms with Crippen LogP contribution < -0.4 is 11.1 Å². The molecule has 1 heterocycles. The Bertz CT molecular complexity index is 500. The highest BCUT2D eigenvalue weighted by atomic mass is 35.5. The van der Waals surface area contributed by atoms with Gasteiger partial charge in [0.2, 0.25) is 0 Å². The van der Waals surface area contributed by atoms with Crippen LogP contribution in [0.1, 0.15) is 23.2 Å². The van der Waals surface area contributed by atoms with Gasteiger partial charge in [-0.3, -0.25) is 4.79 Å². The van der Waals surface area contributed by atoms with Crippen LogP contribution in [0.2, 0.25) is 5.15 Å². The molecule has 1 aliphatic carbocycles. The summed E-state index contributed by atoms with van der Waals surface area (Å²) in [5.41, 5.74) is 3.27. The Hall–Kier alpha value is -1.50. The van der Waals surface area contributed by atoms with E-state index in [9.17, 15) is 18.0 Å². The van der Waals surface area contributed by atoms with Crippen LogP contribution in [0.25, 0.3) is 0 Å². The van der Waals surface area contributed by atoms with E-state index in [1.165, 1.54) is 12.3 Å². The molecule has 0 spiro atoms. The van der Waals surface area contributed by atoms with Crippen molar-refractivity contribution in [1.29, 1.82) is 0 Å². The number of rotatable bonds is 2. The predicted octanol–water partition coefficient (Wildman–Crippen LogP) is 2.14. The van der Waals surface area contributed by atoms with Gasteiger partial charge in [-0.15, -0.1) is 0 Å². The summed E-state index contributed by atoms with van der Waals surface area (Å²) >= 11 is 5.65. The molecule has 1 aromatic heterocycles. The maximum absolute atomic E-state index is 12.7. The fraction of sp³-hybridized carbons (Fsp3) is 0.400. The van der Waals surface area contributed by atoms with E-state index in [-0.39, 0.29) is 29.2 Å². The van der Waals surface area contributed by atoms with E-state index in [1.54, 1.807) is 0 Å². The van der Waals surface area contributed by atoms with Crippen LogP contribution in [0.3, 0.4) is 0 Å². The minimum Gasteiger partial charge on any atom is -0.397 e. The highest BCUT2D eigenvalue weighted by molar-refractivity contribution is 6.32. The number of pyridine rings is 1. The lowest BCUT2D eigenvalue weighted by molar-refractivity contribution is -0.163. The maximum Gasteiger partial charge on any atom is 0.411 e. The summed E-state index contributed by atoms with van der Waals surface area (Å²) in [5.74, 6) is -0.922. The predicted molar refractivity (Wildman–Crippen MR) is 59.1 cm³/mol. The van der Waals surface area contributed by atoms with Crippen LogP contribution in [0.15, 0.2) is 12.3 Å². The second-order valence-corrected chi connectivity index (χ2v) is 4.50. The van der Waals surface area contributed by atoms with Crippen molar-refractivity contribution < 1.29 is 18.0 Å². The number of carbonyl (C=O) groups excluding carboxylic acids is 1. The van der Waals surface area contributed by atoms with Crippen molar-refractivity contribution in [2.45, 2.75) is 24.6 Å². The fourth-order valence-electron chi connectivity index (χ4n) is 1.51. The lowest BCUT2D eigenvalue weighted by Gasteiger charge is -2.20. The number of amides is 1. The zero-order chi connectivity index (χ0) is 13.6. The first-order chi connectivity index (χ1) is 8.25. The molecule has 1 aliphatic rings. The van der Waals surface area contributed by atoms with Gasteiger partial charge in [0.1, 0.15) is 10.7 Å². The van der Waals surface area contributed by atoms with E-state index in [2.05, 4.69) is 4.98 Å². The van der Waals surface area contributed by atoms with Crippen molar-refractivity contribution in [3.05, 3.63) is 23.0 Å². The Morgan fingerprint density at radius 1 is 1.50 bits per heavy atom. The summed E-state index contributed by atoms with van der Waals surface area (Å²) in [7, 11) is 0. The summed E-state index contributed by atoms with van der Waals surface area (Å²) in [6.45, 7) is 0. The van der Waals surface area contributed by atoms with Crippen LogP contribution >= 0.6 is 11.6 Å². The number of nitrogens with two attached hydrogens (primary N) is 1. The molecule has 0 aliphatic heterocycles. The first-order valence-electron chi connectivity index (χ1n) is 5.05. The quantitative estimate of drug-likeness (QED) is 0.815. The van der Waals surface area contributed by atoms with Gasteiger partial charge < -0.3 is 11.1 Å². The van der Waals surface area contributed by atoms with E-state index in [1.807, 2.05) is 5.32 Å². The average molecular weight is 280 g/mol. The van der Waals surface area contributed by atoms with Crippen LogP contribution in [0.5, 0.6) is 0 Å². The minimum atomic E-state index is -4.47. The molecule has 0 bridgehead atoms. The maximum atomic E-state index is 12.7. The Kier molecular flexibility index (Phi) is 2.89. The molecule has 1 saturated carbocycles. The Morgan fingerprint density at radius 2 is 2.11 bits per heavy atom. The minimum absolute atomic E-state index is 0.129. The summed E-state index contributed by atoms with van der Waals surface area (Å²) in [5, 5.41) is 1.77. The molecule has 1 fully saturated rings. The number of nitrogens with zero attached hydrogens (tertiary/aromatic N) is 1. The van der Waals surface area contributed by atoms with Crippen molar-refractivity contribution in [2.75, 3.05) is 5.73 Å². The average Bonchev–Trinajstić information content (AvgIpc) is 3.01. The number of nitrogen functional groups attached to an aromatic ring is 1. The van der Waals surface area contributed by atoms with E-state index in [0.29, 0.717) is 0 Å². The standard InChI is InChI=1S/C10H9ClF3N3O/c11-7-6(3-5(15)4-16-7)8(18)17-9(1-2-9)10(12,13)14/h3-4H,1-2,15H2,(H,17,18). The molecule has 1 aromatic rings. The smallest absolute Gasteiger partial charge is 0.397 e. The summed E-state index contributed by atoms with van der Waals surface area (Å²) in [6, 6.07) is 1.19. The molecule has 98 valence electrons. The van der Waals surface area contributed by atoms with Crippen molar-refractivity contribution in [3.8, 4) is 0 Å². The molecule has 0 unspecified atom stereocenters. The third-order valence-corrected chi connectivity index (χ3v) is 3.05. The lowest BCUT2D eigenvalue weighted by Crippen LogP contribution is -2.47. The zero-order valence-corrected chi connectivity index (χ0v) is 9.77. The fourth-order valence-corrected chi connectivity index (χ4v) is 1.70. The molecule has 4 nitrogen and oxygen atoms in total. The monoisotopic (exact) mass is 279 g/mol. The molecule has 2 rings (SSSR count). The molecule has 3 N–H and O–H groups in total. The SMILES string of the molecule is Nc1cnc(Cl)c(C(=O)NC2(C(F)(F)F)CC2)c1. The highest BCUT2D eigenvalue weighted by Crippen LogP contribution is 2.49. The second-order valence-electron chi connectivity index (χ2n) is 4.14. The van der Waals surface area contributed by atoms with Gasteiger partial charge in [0, 0.05) is 0 Å². The second kappa shape index (κ2) is 4.01. The third-order valence-electron chi connectivity index (χ3n) is 2.75. The molecule has 0 radical (unpaired) electrons. The number of hydrogen-bond donors (Lipinski definition) is 2. The molecule has 0 atom stereocenters. The normalized spacial score (nSPS) is 17.3. The van der Waals surface area contributed by atoms with E-state index < -0.39 is 17.6 Å². The molecule has 0 saturated heterocycles. The van der Waals surface area contributed by atoms with Crippen molar-refractivity contribution >= 4 is 23.2 Å². The van der Waals surface area contributed by atoms with Gasteiger partial charge >= 0.3 is 6.18 Å².